The summed E-state index contributed by atoms with van der Waals surface area (Å²) in [4.78, 5) is 10.8. The highest BCUT2D eigenvalue weighted by Crippen LogP contribution is 2.58. The molecule has 2 aliphatic carbocycles. The molecule has 2 fully saturated rings. The quantitative estimate of drug-likeness (QED) is 0.629. The SMILES string of the molecule is CC(=O)/C=C/C=C1\C2CCC(C2)C1(C)C. The van der Waals surface area contributed by atoms with E-state index >= 15 is 0 Å². The maximum Gasteiger partial charge on any atom is 0.152 e. The summed E-state index contributed by atoms with van der Waals surface area (Å²) in [6.07, 6.45) is 9.90. The van der Waals surface area contributed by atoms with Crippen molar-refractivity contribution < 1.29 is 4.79 Å². The van der Waals surface area contributed by atoms with Crippen LogP contribution < -0.4 is 0 Å². The lowest BCUT2D eigenvalue weighted by Crippen LogP contribution is -2.22. The summed E-state index contributed by atoms with van der Waals surface area (Å²) in [5, 5.41) is 0. The molecule has 0 aliphatic heterocycles. The Hall–Kier alpha value is -0.850. The maximum atomic E-state index is 10.8. The first-order valence-electron chi connectivity index (χ1n) is 5.91. The van der Waals surface area contributed by atoms with Crippen molar-refractivity contribution in [2.24, 2.45) is 17.3 Å². The van der Waals surface area contributed by atoms with Crippen LogP contribution in [-0.2, 0) is 4.79 Å². The summed E-state index contributed by atoms with van der Waals surface area (Å²) >= 11 is 0. The second kappa shape index (κ2) is 3.62. The zero-order valence-corrected chi connectivity index (χ0v) is 9.92. The maximum absolute atomic E-state index is 10.8. The lowest BCUT2D eigenvalue weighted by atomic mass is 9.72. The number of ketones is 1. The van der Waals surface area contributed by atoms with Gasteiger partial charge in [0, 0.05) is 0 Å². The van der Waals surface area contributed by atoms with Gasteiger partial charge >= 0.3 is 0 Å². The van der Waals surface area contributed by atoms with Crippen LogP contribution in [0, 0.1) is 17.3 Å². The van der Waals surface area contributed by atoms with E-state index in [9.17, 15) is 4.79 Å². The van der Waals surface area contributed by atoms with Gasteiger partial charge in [-0.1, -0.05) is 31.6 Å². The highest BCUT2D eigenvalue weighted by atomic mass is 16.1. The minimum Gasteiger partial charge on any atom is -0.295 e. The van der Waals surface area contributed by atoms with Gasteiger partial charge in [-0.15, -0.1) is 0 Å². The molecule has 2 rings (SSSR count). The van der Waals surface area contributed by atoms with Gasteiger partial charge in [0.15, 0.2) is 5.78 Å². The number of hydrogen-bond donors (Lipinski definition) is 0. The second-order valence-corrected chi connectivity index (χ2v) is 5.52. The topological polar surface area (TPSA) is 17.1 Å². The first-order valence-corrected chi connectivity index (χ1v) is 5.91. The highest BCUT2D eigenvalue weighted by molar-refractivity contribution is 5.87. The first-order chi connectivity index (χ1) is 7.01. The minimum atomic E-state index is 0.132. The van der Waals surface area contributed by atoms with Gasteiger partial charge in [0.25, 0.3) is 0 Å². The zero-order chi connectivity index (χ0) is 11.1. The number of hydrogen-bond acceptors (Lipinski definition) is 1. The summed E-state index contributed by atoms with van der Waals surface area (Å²) in [7, 11) is 0. The van der Waals surface area contributed by atoms with Gasteiger partial charge in [0.05, 0.1) is 0 Å². The van der Waals surface area contributed by atoms with Crippen LogP contribution in [0.15, 0.2) is 23.8 Å². The van der Waals surface area contributed by atoms with E-state index in [0.29, 0.717) is 5.41 Å². The summed E-state index contributed by atoms with van der Waals surface area (Å²) in [6.45, 7) is 6.30. The Bertz CT molecular complexity index is 333. The molecule has 0 saturated heterocycles. The second-order valence-electron chi connectivity index (χ2n) is 5.52. The number of carbonyl (C=O) groups is 1. The Morgan fingerprint density at radius 2 is 2.13 bits per heavy atom. The molecule has 0 radical (unpaired) electrons. The van der Waals surface area contributed by atoms with E-state index < -0.39 is 0 Å². The van der Waals surface area contributed by atoms with Crippen LogP contribution in [0.5, 0.6) is 0 Å². The first kappa shape index (κ1) is 10.7. The van der Waals surface area contributed by atoms with Crippen LogP contribution in [-0.4, -0.2) is 5.78 Å². The Labute approximate surface area is 92.3 Å². The molecule has 2 bridgehead atoms. The fraction of sp³-hybridized carbons (Fsp3) is 0.643. The van der Waals surface area contributed by atoms with Crippen molar-refractivity contribution in [2.45, 2.75) is 40.0 Å². The lowest BCUT2D eigenvalue weighted by molar-refractivity contribution is -0.112. The van der Waals surface area contributed by atoms with Crippen LogP contribution in [0.4, 0.5) is 0 Å². The van der Waals surface area contributed by atoms with E-state index in [0.717, 1.165) is 11.8 Å². The molecule has 2 saturated carbocycles. The molecule has 82 valence electrons. The van der Waals surface area contributed by atoms with Crippen molar-refractivity contribution >= 4 is 5.78 Å². The van der Waals surface area contributed by atoms with Crippen molar-refractivity contribution in [1.82, 2.24) is 0 Å². The third kappa shape index (κ3) is 1.80. The van der Waals surface area contributed by atoms with Crippen molar-refractivity contribution in [3.8, 4) is 0 Å². The molecular formula is C14H20O. The van der Waals surface area contributed by atoms with Crippen LogP contribution in [0.2, 0.25) is 0 Å². The predicted molar refractivity (Wildman–Crippen MR) is 62.5 cm³/mol. The van der Waals surface area contributed by atoms with Crippen molar-refractivity contribution in [3.63, 3.8) is 0 Å². The van der Waals surface area contributed by atoms with Crippen molar-refractivity contribution in [2.75, 3.05) is 0 Å². The Morgan fingerprint density at radius 3 is 2.67 bits per heavy atom. The molecule has 0 aromatic carbocycles. The molecule has 15 heavy (non-hydrogen) atoms. The molecule has 0 heterocycles. The van der Waals surface area contributed by atoms with Crippen LogP contribution in [0.3, 0.4) is 0 Å². The normalized spacial score (nSPS) is 35.5. The molecular weight excluding hydrogens is 184 g/mol. The largest absolute Gasteiger partial charge is 0.295 e. The van der Waals surface area contributed by atoms with Gasteiger partial charge in [-0.05, 0) is 49.5 Å². The number of fused-ring (bicyclic) bond motifs is 2. The van der Waals surface area contributed by atoms with Crippen LogP contribution in [0.1, 0.15) is 40.0 Å². The molecule has 2 atom stereocenters. The predicted octanol–water partition coefficient (Wildman–Crippen LogP) is 3.51. The van der Waals surface area contributed by atoms with E-state index in [1.165, 1.54) is 19.3 Å². The van der Waals surface area contributed by atoms with E-state index in [2.05, 4.69) is 19.9 Å². The zero-order valence-electron chi connectivity index (χ0n) is 9.92. The molecule has 0 amide bonds. The third-order valence-corrected chi connectivity index (χ3v) is 4.24. The highest BCUT2D eigenvalue weighted by Gasteiger charge is 2.48. The van der Waals surface area contributed by atoms with E-state index in [4.69, 9.17) is 0 Å². The summed E-state index contributed by atoms with van der Waals surface area (Å²) in [5.41, 5.74) is 1.93. The molecule has 1 heteroatoms. The molecule has 0 aromatic heterocycles. The Morgan fingerprint density at radius 1 is 1.40 bits per heavy atom. The average Bonchev–Trinajstić information content (AvgIpc) is 2.66. The van der Waals surface area contributed by atoms with Gasteiger partial charge in [-0.2, -0.15) is 0 Å². The lowest BCUT2D eigenvalue weighted by Gasteiger charge is -2.32. The monoisotopic (exact) mass is 204 g/mol. The van der Waals surface area contributed by atoms with Gasteiger partial charge in [-0.25, -0.2) is 0 Å². The molecule has 1 nitrogen and oxygen atoms in total. The average molecular weight is 204 g/mol. The van der Waals surface area contributed by atoms with Gasteiger partial charge in [0.1, 0.15) is 0 Å². The molecule has 0 spiro atoms. The molecule has 0 N–H and O–H groups in total. The number of carbonyl (C=O) groups excluding carboxylic acids is 1. The van der Waals surface area contributed by atoms with E-state index in [1.807, 2.05) is 6.08 Å². The molecule has 2 aliphatic rings. The van der Waals surface area contributed by atoms with Crippen LogP contribution in [0.25, 0.3) is 0 Å². The molecule has 0 aromatic rings. The van der Waals surface area contributed by atoms with E-state index in [1.54, 1.807) is 18.6 Å². The Kier molecular flexibility index (Phi) is 2.57. The van der Waals surface area contributed by atoms with Crippen LogP contribution >= 0.6 is 0 Å². The van der Waals surface area contributed by atoms with E-state index in [-0.39, 0.29) is 5.78 Å². The number of allylic oxidation sites excluding steroid dienone is 4. The fourth-order valence-corrected chi connectivity index (χ4v) is 3.32. The minimum absolute atomic E-state index is 0.132. The standard InChI is InChI=1S/C14H20O/c1-10(15)5-4-6-13-11-7-8-12(9-11)14(13,2)3/h4-6,11-12H,7-9H2,1-3H3/b5-4+,13-6+. The van der Waals surface area contributed by atoms with Gasteiger partial charge in [0.2, 0.25) is 0 Å². The third-order valence-electron chi connectivity index (χ3n) is 4.24. The van der Waals surface area contributed by atoms with Gasteiger partial charge in [-0.3, -0.25) is 4.79 Å². The fourth-order valence-electron chi connectivity index (χ4n) is 3.32. The Balaban J connectivity index is 2.18. The number of rotatable bonds is 2. The summed E-state index contributed by atoms with van der Waals surface area (Å²) in [6, 6.07) is 0. The summed E-state index contributed by atoms with van der Waals surface area (Å²) in [5.74, 6) is 1.80. The van der Waals surface area contributed by atoms with Gasteiger partial charge < -0.3 is 0 Å². The smallest absolute Gasteiger partial charge is 0.152 e. The van der Waals surface area contributed by atoms with Crippen molar-refractivity contribution in [1.29, 1.82) is 0 Å². The molecule has 2 unspecified atom stereocenters. The van der Waals surface area contributed by atoms with Crippen molar-refractivity contribution in [3.05, 3.63) is 23.8 Å². The summed E-state index contributed by atoms with van der Waals surface area (Å²) < 4.78 is 0.